The van der Waals surface area contributed by atoms with Crippen molar-refractivity contribution in [3.8, 4) is 11.5 Å². The molecule has 0 atom stereocenters. The summed E-state index contributed by atoms with van der Waals surface area (Å²) < 4.78 is 10.4. The van der Waals surface area contributed by atoms with Crippen LogP contribution in [0.2, 0.25) is 5.15 Å². The number of halogens is 1. The lowest BCUT2D eigenvalue weighted by Crippen LogP contribution is -2.23. The molecule has 150 valence electrons. The number of nitrogens with zero attached hydrogens (tertiary/aromatic N) is 2. The number of aromatic nitrogens is 1. The largest absolute Gasteiger partial charge is 0.497 e. The maximum absolute atomic E-state index is 11.2. The zero-order valence-corrected chi connectivity index (χ0v) is 16.9. The second kappa shape index (κ2) is 9.30. The van der Waals surface area contributed by atoms with E-state index in [9.17, 15) is 9.90 Å². The summed E-state index contributed by atoms with van der Waals surface area (Å²) in [4.78, 5) is 17.6. The maximum atomic E-state index is 11.2. The van der Waals surface area contributed by atoms with Crippen LogP contribution in [-0.4, -0.2) is 30.3 Å². The average Bonchev–Trinajstić information content (AvgIpc) is 2.74. The Morgan fingerprint density at radius 2 is 1.38 bits per heavy atom. The van der Waals surface area contributed by atoms with E-state index in [0.29, 0.717) is 18.9 Å². The van der Waals surface area contributed by atoms with Crippen molar-refractivity contribution >= 4 is 23.4 Å². The second-order valence-corrected chi connectivity index (χ2v) is 6.72. The monoisotopic (exact) mass is 412 g/mol. The van der Waals surface area contributed by atoms with Crippen molar-refractivity contribution in [3.63, 3.8) is 0 Å². The van der Waals surface area contributed by atoms with Gasteiger partial charge in [0, 0.05) is 13.1 Å². The van der Waals surface area contributed by atoms with Gasteiger partial charge in [-0.25, -0.2) is 9.78 Å². The van der Waals surface area contributed by atoms with E-state index in [4.69, 9.17) is 21.1 Å². The van der Waals surface area contributed by atoms with Gasteiger partial charge in [-0.15, -0.1) is 0 Å². The number of ether oxygens (including phenoxy) is 2. The lowest BCUT2D eigenvalue weighted by molar-refractivity contribution is 0.0696. The number of anilines is 1. The molecule has 1 heterocycles. The summed E-state index contributed by atoms with van der Waals surface area (Å²) in [7, 11) is 3.25. The van der Waals surface area contributed by atoms with Crippen LogP contribution in [0.5, 0.6) is 11.5 Å². The number of benzene rings is 2. The van der Waals surface area contributed by atoms with Crippen molar-refractivity contribution in [3.05, 3.63) is 82.5 Å². The lowest BCUT2D eigenvalue weighted by atomic mass is 10.1. The van der Waals surface area contributed by atoms with Gasteiger partial charge in [0.15, 0.2) is 0 Å². The van der Waals surface area contributed by atoms with E-state index in [2.05, 4.69) is 4.98 Å². The van der Waals surface area contributed by atoms with E-state index in [1.807, 2.05) is 53.4 Å². The van der Waals surface area contributed by atoms with Crippen LogP contribution in [0, 0.1) is 0 Å². The molecule has 0 spiro atoms. The van der Waals surface area contributed by atoms with Crippen molar-refractivity contribution in [1.29, 1.82) is 0 Å². The Labute approximate surface area is 174 Å². The van der Waals surface area contributed by atoms with E-state index in [1.54, 1.807) is 20.3 Å². The first-order chi connectivity index (χ1) is 14.0. The quantitative estimate of drug-likeness (QED) is 0.542. The molecule has 1 N–H and O–H groups in total. The highest BCUT2D eigenvalue weighted by Crippen LogP contribution is 2.24. The summed E-state index contributed by atoms with van der Waals surface area (Å²) in [5.41, 5.74) is 2.09. The number of pyridine rings is 1. The summed E-state index contributed by atoms with van der Waals surface area (Å²) in [6.07, 6.45) is 0. The normalized spacial score (nSPS) is 10.4. The fraction of sp³-hybridized carbons (Fsp3) is 0.182. The Hall–Kier alpha value is -3.25. The maximum Gasteiger partial charge on any atom is 0.338 e. The minimum atomic E-state index is -1.11. The van der Waals surface area contributed by atoms with Crippen LogP contribution in [0.4, 0.5) is 5.82 Å². The highest BCUT2D eigenvalue weighted by atomic mass is 35.5. The molecule has 0 aliphatic heterocycles. The van der Waals surface area contributed by atoms with Crippen molar-refractivity contribution in [2.24, 2.45) is 0 Å². The first kappa shape index (κ1) is 20.5. The van der Waals surface area contributed by atoms with E-state index < -0.39 is 5.97 Å². The second-order valence-electron chi connectivity index (χ2n) is 6.37. The van der Waals surface area contributed by atoms with Crippen LogP contribution in [0.15, 0.2) is 60.7 Å². The molecule has 3 aromatic rings. The van der Waals surface area contributed by atoms with Gasteiger partial charge in [-0.05, 0) is 47.5 Å². The van der Waals surface area contributed by atoms with Crippen LogP contribution in [0.1, 0.15) is 21.5 Å². The zero-order chi connectivity index (χ0) is 20.8. The van der Waals surface area contributed by atoms with Crippen LogP contribution >= 0.6 is 11.6 Å². The van der Waals surface area contributed by atoms with Crippen molar-refractivity contribution in [2.45, 2.75) is 13.1 Å². The molecular formula is C22H21ClN2O4. The third-order valence-corrected chi connectivity index (χ3v) is 4.74. The summed E-state index contributed by atoms with van der Waals surface area (Å²) in [5, 5.41) is 9.16. The molecular weight excluding hydrogens is 392 g/mol. The molecule has 0 unspecified atom stereocenters. The molecule has 0 saturated carbocycles. The van der Waals surface area contributed by atoms with E-state index in [1.165, 1.54) is 6.07 Å². The van der Waals surface area contributed by atoms with Gasteiger partial charge < -0.3 is 19.5 Å². The number of carbonyl (C=O) groups is 1. The molecule has 0 bridgehead atoms. The number of methoxy groups -OCH3 is 2. The molecule has 0 aliphatic rings. The van der Waals surface area contributed by atoms with Crippen LogP contribution in [0.3, 0.4) is 0 Å². The van der Waals surface area contributed by atoms with Gasteiger partial charge in [-0.2, -0.15) is 0 Å². The SMILES string of the molecule is COc1ccc(CN(Cc2ccc(OC)cc2)c2ccc(C(=O)O)c(Cl)n2)cc1. The van der Waals surface area contributed by atoms with Crippen molar-refractivity contribution in [2.75, 3.05) is 19.1 Å². The smallest absolute Gasteiger partial charge is 0.338 e. The number of aromatic carboxylic acids is 1. The fourth-order valence-corrected chi connectivity index (χ4v) is 3.11. The van der Waals surface area contributed by atoms with Gasteiger partial charge in [-0.1, -0.05) is 35.9 Å². The first-order valence-corrected chi connectivity index (χ1v) is 9.28. The predicted molar refractivity (Wildman–Crippen MR) is 112 cm³/mol. The number of hydrogen-bond donors (Lipinski definition) is 1. The van der Waals surface area contributed by atoms with Crippen LogP contribution in [-0.2, 0) is 13.1 Å². The van der Waals surface area contributed by atoms with Crippen molar-refractivity contribution in [1.82, 2.24) is 4.98 Å². The van der Waals surface area contributed by atoms with Gasteiger partial charge >= 0.3 is 5.97 Å². The number of carboxylic acid groups (broad SMARTS) is 1. The Kier molecular flexibility index (Phi) is 6.57. The molecule has 29 heavy (non-hydrogen) atoms. The van der Waals surface area contributed by atoms with Crippen LogP contribution < -0.4 is 14.4 Å². The topological polar surface area (TPSA) is 71.9 Å². The number of rotatable bonds is 8. The Morgan fingerprint density at radius 1 is 0.897 bits per heavy atom. The summed E-state index contributed by atoms with van der Waals surface area (Å²) in [6.45, 7) is 1.12. The minimum Gasteiger partial charge on any atom is -0.497 e. The Bertz CT molecular complexity index is 926. The molecule has 6 nitrogen and oxygen atoms in total. The molecule has 0 saturated heterocycles. The third-order valence-electron chi connectivity index (χ3n) is 4.45. The molecule has 3 rings (SSSR count). The van der Waals surface area contributed by atoms with Gasteiger partial charge in [0.05, 0.1) is 19.8 Å². The zero-order valence-electron chi connectivity index (χ0n) is 16.1. The van der Waals surface area contributed by atoms with Crippen LogP contribution in [0.25, 0.3) is 0 Å². The fourth-order valence-electron chi connectivity index (χ4n) is 2.88. The molecule has 7 heteroatoms. The predicted octanol–water partition coefficient (Wildman–Crippen LogP) is 4.66. The molecule has 0 amide bonds. The Morgan fingerprint density at radius 3 is 1.76 bits per heavy atom. The number of carboxylic acids is 1. The van der Waals surface area contributed by atoms with Gasteiger partial charge in [-0.3, -0.25) is 0 Å². The molecule has 1 aromatic heterocycles. The van der Waals surface area contributed by atoms with Gasteiger partial charge in [0.1, 0.15) is 22.5 Å². The summed E-state index contributed by atoms with van der Waals surface area (Å²) in [5.74, 6) is 1.04. The molecule has 2 aromatic carbocycles. The van der Waals surface area contributed by atoms with Crippen molar-refractivity contribution < 1.29 is 19.4 Å². The lowest BCUT2D eigenvalue weighted by Gasteiger charge is -2.24. The highest BCUT2D eigenvalue weighted by Gasteiger charge is 2.15. The Balaban J connectivity index is 1.90. The van der Waals surface area contributed by atoms with E-state index >= 15 is 0 Å². The van der Waals surface area contributed by atoms with E-state index in [0.717, 1.165) is 22.6 Å². The standard InChI is InChI=1S/C22H21ClN2O4/c1-28-17-7-3-15(4-8-17)13-25(14-16-5-9-18(29-2)10-6-16)20-12-11-19(22(26)27)21(23)24-20/h3-12H,13-14H2,1-2H3,(H,26,27). The van der Waals surface area contributed by atoms with Gasteiger partial charge in [0.25, 0.3) is 0 Å². The van der Waals surface area contributed by atoms with E-state index in [-0.39, 0.29) is 10.7 Å². The summed E-state index contributed by atoms with van der Waals surface area (Å²) >= 11 is 6.10. The molecule has 0 radical (unpaired) electrons. The first-order valence-electron chi connectivity index (χ1n) is 8.91. The minimum absolute atomic E-state index is 0.0238. The average molecular weight is 413 g/mol. The molecule has 0 fully saturated rings. The summed E-state index contributed by atoms with van der Waals surface area (Å²) in [6, 6.07) is 18.7. The highest BCUT2D eigenvalue weighted by molar-refractivity contribution is 6.32. The third kappa shape index (κ3) is 5.18. The van der Waals surface area contributed by atoms with Gasteiger partial charge in [0.2, 0.25) is 0 Å². The molecule has 0 aliphatic carbocycles. The number of hydrogen-bond acceptors (Lipinski definition) is 5.